The summed E-state index contributed by atoms with van der Waals surface area (Å²) >= 11 is 3.45. The van der Waals surface area contributed by atoms with Crippen LogP contribution in [0.1, 0.15) is 25.3 Å². The number of hydrogen-bond donors (Lipinski definition) is 0. The molecule has 1 unspecified atom stereocenters. The summed E-state index contributed by atoms with van der Waals surface area (Å²) in [5.41, 5.74) is 1.06. The Balaban J connectivity index is 2.26. The lowest BCUT2D eigenvalue weighted by Gasteiger charge is -2.22. The van der Waals surface area contributed by atoms with E-state index < -0.39 is 10.0 Å². The quantitative estimate of drug-likeness (QED) is 0.610. The molecule has 1 aliphatic heterocycles. The van der Waals surface area contributed by atoms with E-state index in [-0.39, 0.29) is 10.9 Å². The zero-order chi connectivity index (χ0) is 14.8. The molecular weight excluding hydrogens is 338 g/mol. The molecule has 0 N–H and O–H groups in total. The number of hydrogen-bond acceptors (Lipinski definition) is 2. The van der Waals surface area contributed by atoms with Crippen molar-refractivity contribution >= 4 is 26.0 Å². The third kappa shape index (κ3) is 3.51. The Morgan fingerprint density at radius 1 is 1.35 bits per heavy atom. The van der Waals surface area contributed by atoms with Crippen LogP contribution in [-0.4, -0.2) is 30.1 Å². The highest BCUT2D eigenvalue weighted by atomic mass is 79.9. The van der Waals surface area contributed by atoms with Gasteiger partial charge in [0.15, 0.2) is 0 Å². The molecule has 0 aliphatic carbocycles. The molecule has 0 bridgehead atoms. The van der Waals surface area contributed by atoms with Crippen molar-refractivity contribution in [3.05, 3.63) is 42.0 Å². The van der Waals surface area contributed by atoms with Crippen molar-refractivity contribution in [2.24, 2.45) is 0 Å². The molecule has 3 nitrogen and oxygen atoms in total. The fourth-order valence-corrected chi connectivity index (χ4v) is 4.21. The number of alkyl halides is 1. The first-order chi connectivity index (χ1) is 9.41. The monoisotopic (exact) mass is 357 g/mol. The van der Waals surface area contributed by atoms with Gasteiger partial charge in [-0.3, -0.25) is 0 Å². The van der Waals surface area contributed by atoms with E-state index in [2.05, 4.69) is 15.9 Å². The minimum absolute atomic E-state index is 0.0266. The van der Waals surface area contributed by atoms with Gasteiger partial charge in [0.25, 0.3) is 0 Å². The van der Waals surface area contributed by atoms with E-state index in [4.69, 9.17) is 0 Å². The van der Waals surface area contributed by atoms with Gasteiger partial charge in [-0.2, -0.15) is 4.31 Å². The van der Waals surface area contributed by atoms with Gasteiger partial charge in [-0.1, -0.05) is 45.8 Å². The SMILES string of the molecule is Cc1ccc(S(=O)(=O)N2CCC[C@@H]2/C=C/C(C)Br)cc1. The number of nitrogens with zero attached hydrogens (tertiary/aromatic N) is 1. The Bertz CT molecular complexity index is 578. The largest absolute Gasteiger partial charge is 0.243 e. The average molecular weight is 358 g/mol. The topological polar surface area (TPSA) is 37.4 Å². The van der Waals surface area contributed by atoms with Gasteiger partial charge in [-0.15, -0.1) is 0 Å². The van der Waals surface area contributed by atoms with Crippen LogP contribution < -0.4 is 0 Å². The van der Waals surface area contributed by atoms with Crippen molar-refractivity contribution in [2.45, 2.75) is 42.5 Å². The molecule has 0 saturated carbocycles. The third-order valence-electron chi connectivity index (χ3n) is 3.47. The van der Waals surface area contributed by atoms with Crippen molar-refractivity contribution in [1.82, 2.24) is 4.31 Å². The Kier molecular flexibility index (Phi) is 5.04. The standard InChI is InChI=1S/C15H20BrNO2S/c1-12-5-9-15(10-6-12)20(18,19)17-11-3-4-14(17)8-7-13(2)16/h5-10,13-14H,3-4,11H2,1-2H3/b8-7+/t13?,14-/m1/s1. The van der Waals surface area contributed by atoms with Crippen molar-refractivity contribution in [1.29, 1.82) is 0 Å². The molecule has 1 aliphatic rings. The van der Waals surface area contributed by atoms with E-state index in [1.165, 1.54) is 0 Å². The summed E-state index contributed by atoms with van der Waals surface area (Å²) in [6, 6.07) is 7.04. The first kappa shape index (κ1) is 15.7. The Morgan fingerprint density at radius 2 is 2.00 bits per heavy atom. The second-order valence-corrected chi connectivity index (χ2v) is 8.54. The molecule has 1 aromatic rings. The van der Waals surface area contributed by atoms with Gasteiger partial charge in [0, 0.05) is 17.4 Å². The maximum atomic E-state index is 12.7. The number of rotatable bonds is 4. The number of sulfonamides is 1. The molecule has 1 fully saturated rings. The summed E-state index contributed by atoms with van der Waals surface area (Å²) in [4.78, 5) is 0.641. The van der Waals surface area contributed by atoms with Gasteiger partial charge in [-0.05, 0) is 38.8 Å². The molecule has 2 atom stereocenters. The zero-order valence-electron chi connectivity index (χ0n) is 11.8. The van der Waals surface area contributed by atoms with Crippen LogP contribution in [0.4, 0.5) is 0 Å². The molecule has 2 rings (SSSR count). The van der Waals surface area contributed by atoms with Crippen molar-refractivity contribution < 1.29 is 8.42 Å². The smallest absolute Gasteiger partial charge is 0.207 e. The molecule has 1 aromatic carbocycles. The number of benzene rings is 1. The summed E-state index contributed by atoms with van der Waals surface area (Å²) in [5.74, 6) is 0. The highest BCUT2D eigenvalue weighted by Crippen LogP contribution is 2.27. The lowest BCUT2D eigenvalue weighted by atomic mass is 10.2. The van der Waals surface area contributed by atoms with E-state index in [1.807, 2.05) is 38.1 Å². The summed E-state index contributed by atoms with van der Waals surface area (Å²) < 4.78 is 27.0. The molecule has 110 valence electrons. The van der Waals surface area contributed by atoms with Crippen molar-refractivity contribution in [2.75, 3.05) is 6.54 Å². The molecule has 5 heteroatoms. The van der Waals surface area contributed by atoms with Gasteiger partial charge >= 0.3 is 0 Å². The fraction of sp³-hybridized carbons (Fsp3) is 0.467. The lowest BCUT2D eigenvalue weighted by molar-refractivity contribution is 0.432. The highest BCUT2D eigenvalue weighted by Gasteiger charge is 2.33. The van der Waals surface area contributed by atoms with Crippen LogP contribution in [0.3, 0.4) is 0 Å². The summed E-state index contributed by atoms with van der Waals surface area (Å²) in [6.45, 7) is 4.57. The first-order valence-corrected chi connectivity index (χ1v) is 9.18. The van der Waals surface area contributed by atoms with Crippen LogP contribution in [0.5, 0.6) is 0 Å². The number of halogens is 1. The van der Waals surface area contributed by atoms with Crippen LogP contribution >= 0.6 is 15.9 Å². The van der Waals surface area contributed by atoms with Gasteiger partial charge < -0.3 is 0 Å². The normalized spacial score (nSPS) is 22.4. The summed E-state index contributed by atoms with van der Waals surface area (Å²) in [7, 11) is -3.39. The predicted molar refractivity (Wildman–Crippen MR) is 85.6 cm³/mol. The van der Waals surface area contributed by atoms with Gasteiger partial charge in [0.05, 0.1) is 4.90 Å². The predicted octanol–water partition coefficient (Wildman–Crippen LogP) is 3.49. The van der Waals surface area contributed by atoms with E-state index in [1.54, 1.807) is 16.4 Å². The Labute approximate surface area is 129 Å². The molecule has 1 saturated heterocycles. The molecule has 0 amide bonds. The van der Waals surface area contributed by atoms with Crippen molar-refractivity contribution in [3.63, 3.8) is 0 Å². The van der Waals surface area contributed by atoms with Gasteiger partial charge in [0.2, 0.25) is 10.0 Å². The van der Waals surface area contributed by atoms with Crippen molar-refractivity contribution in [3.8, 4) is 0 Å². The van der Waals surface area contributed by atoms with E-state index >= 15 is 0 Å². The number of aryl methyl sites for hydroxylation is 1. The van der Waals surface area contributed by atoms with E-state index in [0.29, 0.717) is 11.4 Å². The molecule has 0 aromatic heterocycles. The summed E-state index contributed by atoms with van der Waals surface area (Å²) in [5, 5.41) is 0. The third-order valence-corrected chi connectivity index (χ3v) is 5.72. The second kappa shape index (κ2) is 6.41. The van der Waals surface area contributed by atoms with Crippen LogP contribution in [0.25, 0.3) is 0 Å². The highest BCUT2D eigenvalue weighted by molar-refractivity contribution is 9.09. The minimum atomic E-state index is -3.39. The minimum Gasteiger partial charge on any atom is -0.207 e. The molecule has 20 heavy (non-hydrogen) atoms. The van der Waals surface area contributed by atoms with Crippen LogP contribution in [-0.2, 0) is 10.0 Å². The zero-order valence-corrected chi connectivity index (χ0v) is 14.2. The maximum absolute atomic E-state index is 12.7. The molecular formula is C15H20BrNO2S. The van der Waals surface area contributed by atoms with E-state index in [9.17, 15) is 8.42 Å². The summed E-state index contributed by atoms with van der Waals surface area (Å²) in [6.07, 6.45) is 5.81. The molecule has 0 spiro atoms. The second-order valence-electron chi connectivity index (χ2n) is 5.20. The van der Waals surface area contributed by atoms with Gasteiger partial charge in [0.1, 0.15) is 0 Å². The Hall–Kier alpha value is -0.650. The van der Waals surface area contributed by atoms with Crippen LogP contribution in [0.15, 0.2) is 41.3 Å². The average Bonchev–Trinajstić information content (AvgIpc) is 2.86. The lowest BCUT2D eigenvalue weighted by Crippen LogP contribution is -2.34. The number of allylic oxidation sites excluding steroid dienone is 1. The van der Waals surface area contributed by atoms with Gasteiger partial charge in [-0.25, -0.2) is 8.42 Å². The first-order valence-electron chi connectivity index (χ1n) is 6.82. The Morgan fingerprint density at radius 3 is 2.60 bits per heavy atom. The van der Waals surface area contributed by atoms with Crippen LogP contribution in [0, 0.1) is 6.92 Å². The fourth-order valence-electron chi connectivity index (χ4n) is 2.38. The van der Waals surface area contributed by atoms with Crippen LogP contribution in [0.2, 0.25) is 0 Å². The van der Waals surface area contributed by atoms with E-state index in [0.717, 1.165) is 18.4 Å². The molecule has 1 heterocycles. The maximum Gasteiger partial charge on any atom is 0.243 e. The molecule has 0 radical (unpaired) electrons.